The van der Waals surface area contributed by atoms with Crippen molar-refractivity contribution < 1.29 is 29.0 Å². The third-order valence-corrected chi connectivity index (χ3v) is 9.44. The number of anilines is 1. The van der Waals surface area contributed by atoms with E-state index in [0.717, 1.165) is 11.8 Å². The van der Waals surface area contributed by atoms with E-state index in [1.165, 1.54) is 11.0 Å². The molecule has 0 bridgehead atoms. The summed E-state index contributed by atoms with van der Waals surface area (Å²) in [7, 11) is 5.32. The van der Waals surface area contributed by atoms with E-state index >= 15 is 0 Å². The number of likely N-dealkylation sites (N-methyl/N-ethyl adjacent to an activating group) is 1. The maximum Gasteiger partial charge on any atom is 0.309 e. The molecule has 2 aromatic carbocycles. The number of carbonyl (C=O) groups is 2. The van der Waals surface area contributed by atoms with Gasteiger partial charge in [0.1, 0.15) is 34.3 Å². The Morgan fingerprint density at radius 3 is 2.49 bits per heavy atom. The first-order chi connectivity index (χ1) is 22.5. The molecule has 2 aliphatic rings. The molecule has 0 unspecified atom stereocenters. The molecule has 0 radical (unpaired) electrons. The summed E-state index contributed by atoms with van der Waals surface area (Å²) < 4.78 is 12.5. The number of hydrogen-bond acceptors (Lipinski definition) is 10. The minimum atomic E-state index is -0.648. The van der Waals surface area contributed by atoms with E-state index in [1.54, 1.807) is 50.8 Å². The summed E-state index contributed by atoms with van der Waals surface area (Å²) in [5.74, 6) is -1.76. The molecule has 0 saturated carbocycles. The number of pyridine rings is 1. The zero-order valence-corrected chi connectivity index (χ0v) is 27.2. The van der Waals surface area contributed by atoms with Crippen LogP contribution in [0, 0.1) is 5.92 Å². The fraction of sp³-hybridized carbons (Fsp3) is 0.371. The normalized spacial score (nSPS) is 19.1. The highest BCUT2D eigenvalue weighted by atomic mass is 35.5. The van der Waals surface area contributed by atoms with E-state index in [9.17, 15) is 24.6 Å². The summed E-state index contributed by atoms with van der Waals surface area (Å²) in [6.07, 6.45) is 4.24. The van der Waals surface area contributed by atoms with Crippen molar-refractivity contribution in [3.8, 4) is 22.8 Å². The van der Waals surface area contributed by atoms with E-state index in [-0.39, 0.29) is 40.3 Å². The molecule has 12 heteroatoms. The van der Waals surface area contributed by atoms with Gasteiger partial charge in [-0.15, -0.1) is 0 Å². The van der Waals surface area contributed by atoms with Crippen LogP contribution in [0.25, 0.3) is 22.3 Å². The average molecular weight is 661 g/mol. The van der Waals surface area contributed by atoms with Gasteiger partial charge in [0.25, 0.3) is 5.91 Å². The summed E-state index contributed by atoms with van der Waals surface area (Å²) in [6.45, 7) is 2.24. The summed E-state index contributed by atoms with van der Waals surface area (Å²) in [6, 6.07) is 11.2. The number of piperidine rings is 2. The zero-order valence-electron chi connectivity index (χ0n) is 26.5. The Balaban J connectivity index is 1.25. The van der Waals surface area contributed by atoms with Gasteiger partial charge in [0, 0.05) is 69.1 Å². The Hall–Kier alpha value is -4.61. The number of fused-ring (bicyclic) bond motifs is 1. The lowest BCUT2D eigenvalue weighted by molar-refractivity contribution is -0.158. The van der Waals surface area contributed by atoms with Crippen molar-refractivity contribution in [2.24, 2.45) is 5.92 Å². The van der Waals surface area contributed by atoms with Gasteiger partial charge in [-0.25, -0.2) is 0 Å². The van der Waals surface area contributed by atoms with Crippen LogP contribution in [-0.4, -0.2) is 90.3 Å². The molecule has 2 aromatic heterocycles. The Labute approximate surface area is 276 Å². The number of carbonyl (C=O) groups excluding carboxylic acids is 2. The molecule has 2 saturated heterocycles. The zero-order chi connectivity index (χ0) is 33.4. The molecule has 6 rings (SSSR count). The second-order valence-corrected chi connectivity index (χ2v) is 12.9. The highest BCUT2D eigenvalue weighted by Crippen LogP contribution is 2.44. The lowest BCUT2D eigenvalue weighted by atomic mass is 9.85. The maximum atomic E-state index is 13.6. The Kier molecular flexibility index (Phi) is 9.11. The number of aromatic nitrogens is 1. The topological polar surface area (TPSA) is 137 Å². The Morgan fingerprint density at radius 2 is 1.77 bits per heavy atom. The van der Waals surface area contributed by atoms with Crippen LogP contribution in [0.1, 0.15) is 41.1 Å². The standard InChI is InChI=1S/C35H37ClN4O7/c1-38(2)34(44)21-14-22(18-37-17-21)40-12-8-20(9-13-40)35(45)47-30-19-39(3)11-10-24(30)31-26(41)15-27(42)32-28(43)16-29(46-33(31)32)23-6-4-5-7-25(23)36/h4-7,14-18,20,24,30,41-42H,8-13,19H2,1-3H3/t24-,30+/m0/s1. The van der Waals surface area contributed by atoms with Crippen LogP contribution in [-0.2, 0) is 9.53 Å². The van der Waals surface area contributed by atoms with Gasteiger partial charge in [-0.1, -0.05) is 23.7 Å². The SMILES string of the molecule is CN1CC[C@H](c2c(O)cc(O)c3c(=O)cc(-c4ccccc4Cl)oc23)[C@H](OC(=O)C2CCN(c3cncc(C(=O)N(C)C)c3)CC2)C1. The third kappa shape index (κ3) is 6.50. The number of rotatable bonds is 6. The van der Waals surface area contributed by atoms with Crippen LogP contribution in [0.4, 0.5) is 5.69 Å². The summed E-state index contributed by atoms with van der Waals surface area (Å²) in [5, 5.41) is 22.2. The van der Waals surface area contributed by atoms with E-state index in [0.29, 0.717) is 67.2 Å². The van der Waals surface area contributed by atoms with E-state index < -0.39 is 23.2 Å². The van der Waals surface area contributed by atoms with Crippen molar-refractivity contribution in [3.05, 3.63) is 81.2 Å². The van der Waals surface area contributed by atoms with Gasteiger partial charge in [-0.2, -0.15) is 0 Å². The smallest absolute Gasteiger partial charge is 0.309 e. The molecule has 47 heavy (non-hydrogen) atoms. The lowest BCUT2D eigenvalue weighted by Gasteiger charge is -2.38. The number of hydrogen-bond donors (Lipinski definition) is 2. The number of likely N-dealkylation sites (tertiary alicyclic amines) is 1. The second kappa shape index (κ2) is 13.2. The molecule has 2 N–H and O–H groups in total. The van der Waals surface area contributed by atoms with Crippen molar-refractivity contribution >= 4 is 40.1 Å². The van der Waals surface area contributed by atoms with Gasteiger partial charge in [-0.3, -0.25) is 19.4 Å². The van der Waals surface area contributed by atoms with Gasteiger partial charge in [0.15, 0.2) is 5.43 Å². The largest absolute Gasteiger partial charge is 0.507 e. The van der Waals surface area contributed by atoms with Crippen LogP contribution in [0.5, 0.6) is 11.5 Å². The van der Waals surface area contributed by atoms with Gasteiger partial charge >= 0.3 is 5.97 Å². The van der Waals surface area contributed by atoms with Crippen LogP contribution < -0.4 is 10.3 Å². The third-order valence-electron chi connectivity index (χ3n) is 9.11. The minimum Gasteiger partial charge on any atom is -0.507 e. The molecular formula is C35H37ClN4O7. The predicted molar refractivity (Wildman–Crippen MR) is 178 cm³/mol. The maximum absolute atomic E-state index is 13.6. The van der Waals surface area contributed by atoms with Crippen molar-refractivity contribution in [1.29, 1.82) is 0 Å². The van der Waals surface area contributed by atoms with Crippen LogP contribution in [0.3, 0.4) is 0 Å². The second-order valence-electron chi connectivity index (χ2n) is 12.5. The number of aromatic hydroxyl groups is 2. The first-order valence-electron chi connectivity index (χ1n) is 15.6. The molecule has 2 atom stereocenters. The molecule has 4 heterocycles. The van der Waals surface area contributed by atoms with Gasteiger partial charge in [0.05, 0.1) is 28.4 Å². The number of benzene rings is 2. The van der Waals surface area contributed by atoms with Crippen LogP contribution >= 0.6 is 11.6 Å². The van der Waals surface area contributed by atoms with Crippen molar-refractivity contribution in [3.63, 3.8) is 0 Å². The van der Waals surface area contributed by atoms with Crippen molar-refractivity contribution in [1.82, 2.24) is 14.8 Å². The van der Waals surface area contributed by atoms with Crippen LogP contribution in [0.2, 0.25) is 5.02 Å². The predicted octanol–water partition coefficient (Wildman–Crippen LogP) is 4.87. The van der Waals surface area contributed by atoms with Gasteiger partial charge in [0.2, 0.25) is 0 Å². The lowest BCUT2D eigenvalue weighted by Crippen LogP contribution is -2.45. The molecule has 2 fully saturated rings. The Bertz CT molecular complexity index is 1890. The highest BCUT2D eigenvalue weighted by molar-refractivity contribution is 6.33. The molecule has 0 aliphatic carbocycles. The number of nitrogens with zero attached hydrogens (tertiary/aromatic N) is 4. The molecule has 4 aromatic rings. The van der Waals surface area contributed by atoms with E-state index in [4.69, 9.17) is 20.8 Å². The first-order valence-corrected chi connectivity index (χ1v) is 16.0. The van der Waals surface area contributed by atoms with Crippen LogP contribution in [0.15, 0.2) is 64.1 Å². The summed E-state index contributed by atoms with van der Waals surface area (Å²) >= 11 is 6.41. The minimum absolute atomic E-state index is 0.0393. The average Bonchev–Trinajstić information content (AvgIpc) is 3.05. The summed E-state index contributed by atoms with van der Waals surface area (Å²) in [5.41, 5.74) is 1.68. The van der Waals surface area contributed by atoms with Gasteiger partial charge < -0.3 is 34.1 Å². The quantitative estimate of drug-likeness (QED) is 0.276. The number of phenols is 2. The van der Waals surface area contributed by atoms with Gasteiger partial charge in [-0.05, 0) is 51.1 Å². The van der Waals surface area contributed by atoms with Crippen molar-refractivity contribution in [2.45, 2.75) is 31.3 Å². The fourth-order valence-corrected chi connectivity index (χ4v) is 6.82. The molecule has 0 spiro atoms. The monoisotopic (exact) mass is 660 g/mol. The number of amides is 1. The Morgan fingerprint density at radius 1 is 1.02 bits per heavy atom. The molecule has 2 aliphatic heterocycles. The summed E-state index contributed by atoms with van der Waals surface area (Å²) in [4.78, 5) is 49.3. The molecular weight excluding hydrogens is 624 g/mol. The van der Waals surface area contributed by atoms with E-state index in [2.05, 4.69) is 14.8 Å². The number of phenolic OH excluding ortho intramolecular Hbond substituents is 2. The molecule has 1 amide bonds. The number of ether oxygens (including phenoxy) is 1. The fourth-order valence-electron chi connectivity index (χ4n) is 6.59. The highest BCUT2D eigenvalue weighted by Gasteiger charge is 2.38. The number of halogens is 1. The first kappa shape index (κ1) is 32.3. The van der Waals surface area contributed by atoms with E-state index in [1.807, 2.05) is 13.1 Å². The molecule has 11 nitrogen and oxygen atoms in total. The van der Waals surface area contributed by atoms with Crippen molar-refractivity contribution in [2.75, 3.05) is 52.2 Å². The molecule has 246 valence electrons. The number of esters is 1.